The van der Waals surface area contributed by atoms with Crippen LogP contribution in [0.25, 0.3) is 0 Å². The zero-order valence-corrected chi connectivity index (χ0v) is 9.17. The summed E-state index contributed by atoms with van der Waals surface area (Å²) >= 11 is 0. The summed E-state index contributed by atoms with van der Waals surface area (Å²) in [6, 6.07) is 0.659. The first-order chi connectivity index (χ1) is 7.90. The molecule has 1 heterocycles. The normalized spacial score (nSPS) is 11.1. The fourth-order valence-corrected chi connectivity index (χ4v) is 1.15. The molecule has 17 heavy (non-hydrogen) atoms. The van der Waals surface area contributed by atoms with Crippen LogP contribution in [0.2, 0.25) is 0 Å². The van der Waals surface area contributed by atoms with E-state index in [0.29, 0.717) is 6.07 Å². The Morgan fingerprint density at radius 1 is 1.47 bits per heavy atom. The molecule has 0 saturated heterocycles. The number of carbonyl (C=O) groups is 1. The lowest BCUT2D eigenvalue weighted by atomic mass is 10.1. The van der Waals surface area contributed by atoms with E-state index in [9.17, 15) is 18.0 Å². The van der Waals surface area contributed by atoms with Crippen molar-refractivity contribution in [2.75, 3.05) is 13.7 Å². The Labute approximate surface area is 95.4 Å². The summed E-state index contributed by atoms with van der Waals surface area (Å²) in [5.41, 5.74) is -1.75. The summed E-state index contributed by atoms with van der Waals surface area (Å²) in [4.78, 5) is 14.9. The maximum atomic E-state index is 12.7. The summed E-state index contributed by atoms with van der Waals surface area (Å²) in [5.74, 6) is -1.28. The minimum atomic E-state index is -4.67. The molecule has 0 unspecified atom stereocenters. The van der Waals surface area contributed by atoms with Gasteiger partial charge in [-0.3, -0.25) is 0 Å². The van der Waals surface area contributed by atoms with E-state index in [1.54, 1.807) is 0 Å². The molecule has 0 aliphatic rings. The first-order valence-electron chi connectivity index (χ1n) is 4.68. The van der Waals surface area contributed by atoms with Gasteiger partial charge in [-0.25, -0.2) is 9.78 Å². The van der Waals surface area contributed by atoms with Gasteiger partial charge in [0.15, 0.2) is 0 Å². The van der Waals surface area contributed by atoms with Gasteiger partial charge in [-0.1, -0.05) is 0 Å². The van der Waals surface area contributed by atoms with Crippen molar-refractivity contribution in [1.29, 1.82) is 0 Å². The number of rotatable bonds is 3. The van der Waals surface area contributed by atoms with Crippen molar-refractivity contribution in [3.05, 3.63) is 23.4 Å². The Bertz CT molecular complexity index is 418. The van der Waals surface area contributed by atoms with Crippen LogP contribution in [0.4, 0.5) is 13.2 Å². The van der Waals surface area contributed by atoms with Gasteiger partial charge in [0, 0.05) is 12.3 Å². The lowest BCUT2D eigenvalue weighted by Gasteiger charge is -2.12. The molecule has 1 aromatic rings. The number of hydrogen-bond acceptors (Lipinski definition) is 4. The van der Waals surface area contributed by atoms with Crippen molar-refractivity contribution >= 4 is 5.97 Å². The monoisotopic (exact) mass is 249 g/mol. The zero-order valence-electron chi connectivity index (χ0n) is 9.17. The van der Waals surface area contributed by atoms with Gasteiger partial charge in [-0.2, -0.15) is 13.2 Å². The minimum Gasteiger partial charge on any atom is -0.481 e. The molecule has 4 nitrogen and oxygen atoms in total. The van der Waals surface area contributed by atoms with Crippen LogP contribution in [0.1, 0.15) is 22.8 Å². The van der Waals surface area contributed by atoms with Crippen molar-refractivity contribution in [1.82, 2.24) is 4.98 Å². The number of aromatic nitrogens is 1. The average Bonchev–Trinajstić information content (AvgIpc) is 2.27. The second-order valence-electron chi connectivity index (χ2n) is 2.99. The molecule has 0 amide bonds. The molecule has 1 rings (SSSR count). The number of hydrogen-bond donors (Lipinski definition) is 0. The van der Waals surface area contributed by atoms with Gasteiger partial charge in [-0.05, 0) is 6.92 Å². The highest BCUT2D eigenvalue weighted by molar-refractivity contribution is 5.91. The molecule has 1 aromatic heterocycles. The highest BCUT2D eigenvalue weighted by atomic mass is 19.4. The van der Waals surface area contributed by atoms with E-state index in [-0.39, 0.29) is 12.5 Å². The molecule has 0 aliphatic carbocycles. The molecule has 0 saturated carbocycles. The molecule has 0 fully saturated rings. The summed E-state index contributed by atoms with van der Waals surface area (Å²) < 4.78 is 47.1. The van der Waals surface area contributed by atoms with Crippen LogP contribution in [0.3, 0.4) is 0 Å². The molecule has 0 spiro atoms. The van der Waals surface area contributed by atoms with Crippen LogP contribution < -0.4 is 4.74 Å². The summed E-state index contributed by atoms with van der Waals surface area (Å²) in [7, 11) is 1.19. The molecular formula is C10H10F3NO3. The smallest absolute Gasteiger partial charge is 0.417 e. The van der Waals surface area contributed by atoms with E-state index < -0.39 is 23.3 Å². The van der Waals surface area contributed by atoms with Crippen molar-refractivity contribution in [3.63, 3.8) is 0 Å². The van der Waals surface area contributed by atoms with E-state index in [4.69, 9.17) is 0 Å². The molecule has 0 radical (unpaired) electrons. The largest absolute Gasteiger partial charge is 0.481 e. The number of pyridine rings is 1. The number of esters is 1. The van der Waals surface area contributed by atoms with E-state index in [1.807, 2.05) is 0 Å². The average molecular weight is 249 g/mol. The number of nitrogens with zero attached hydrogens (tertiary/aromatic N) is 1. The van der Waals surface area contributed by atoms with Crippen LogP contribution in [0.15, 0.2) is 12.3 Å². The molecule has 7 heteroatoms. The number of halogens is 3. The van der Waals surface area contributed by atoms with Crippen LogP contribution in [-0.2, 0) is 10.9 Å². The predicted octanol–water partition coefficient (Wildman–Crippen LogP) is 2.29. The topological polar surface area (TPSA) is 48.4 Å². The molecule has 0 aliphatic heterocycles. The van der Waals surface area contributed by atoms with E-state index in [2.05, 4.69) is 14.5 Å². The fraction of sp³-hybridized carbons (Fsp3) is 0.400. The number of alkyl halides is 3. The van der Waals surface area contributed by atoms with Gasteiger partial charge in [0.25, 0.3) is 0 Å². The first kappa shape index (κ1) is 13.3. The van der Waals surface area contributed by atoms with Crippen molar-refractivity contribution in [2.45, 2.75) is 13.1 Å². The SMILES string of the molecule is CCOC(=O)c1cnc(OC)cc1C(F)(F)F. The Kier molecular flexibility index (Phi) is 3.93. The summed E-state index contributed by atoms with van der Waals surface area (Å²) in [6.07, 6.45) is -3.88. The van der Waals surface area contributed by atoms with Crippen LogP contribution in [-0.4, -0.2) is 24.7 Å². The third-order valence-corrected chi connectivity index (χ3v) is 1.89. The Morgan fingerprint density at radius 2 is 2.12 bits per heavy atom. The molecule has 94 valence electrons. The number of carbonyl (C=O) groups excluding carboxylic acids is 1. The zero-order chi connectivity index (χ0) is 13.1. The predicted molar refractivity (Wildman–Crippen MR) is 51.7 cm³/mol. The quantitative estimate of drug-likeness (QED) is 0.771. The maximum Gasteiger partial charge on any atom is 0.417 e. The van der Waals surface area contributed by atoms with Crippen molar-refractivity contribution < 1.29 is 27.4 Å². The molecule has 0 aromatic carbocycles. The summed E-state index contributed by atoms with van der Waals surface area (Å²) in [5, 5.41) is 0. The highest BCUT2D eigenvalue weighted by Gasteiger charge is 2.36. The van der Waals surface area contributed by atoms with E-state index in [1.165, 1.54) is 14.0 Å². The molecule has 0 atom stereocenters. The lowest BCUT2D eigenvalue weighted by molar-refractivity contribution is -0.138. The van der Waals surface area contributed by atoms with Gasteiger partial charge in [0.1, 0.15) is 0 Å². The Morgan fingerprint density at radius 3 is 2.59 bits per heavy atom. The van der Waals surface area contributed by atoms with Gasteiger partial charge in [-0.15, -0.1) is 0 Å². The summed E-state index contributed by atoms with van der Waals surface area (Å²) in [6.45, 7) is 1.49. The minimum absolute atomic E-state index is 0.0117. The third kappa shape index (κ3) is 3.08. The Balaban J connectivity index is 3.25. The number of ether oxygens (including phenoxy) is 2. The maximum absolute atomic E-state index is 12.7. The highest BCUT2D eigenvalue weighted by Crippen LogP contribution is 2.33. The Hall–Kier alpha value is -1.79. The molecule has 0 bridgehead atoms. The van der Waals surface area contributed by atoms with Crippen LogP contribution >= 0.6 is 0 Å². The van der Waals surface area contributed by atoms with Gasteiger partial charge < -0.3 is 9.47 Å². The third-order valence-electron chi connectivity index (χ3n) is 1.89. The van der Waals surface area contributed by atoms with Gasteiger partial charge in [0.2, 0.25) is 5.88 Å². The van der Waals surface area contributed by atoms with Crippen LogP contribution in [0, 0.1) is 0 Å². The van der Waals surface area contributed by atoms with Crippen molar-refractivity contribution in [2.24, 2.45) is 0 Å². The second-order valence-corrected chi connectivity index (χ2v) is 2.99. The number of methoxy groups -OCH3 is 1. The van der Waals surface area contributed by atoms with Crippen LogP contribution in [0.5, 0.6) is 5.88 Å². The first-order valence-corrected chi connectivity index (χ1v) is 4.68. The molecular weight excluding hydrogens is 239 g/mol. The lowest BCUT2D eigenvalue weighted by Crippen LogP contribution is -2.16. The van der Waals surface area contributed by atoms with E-state index >= 15 is 0 Å². The van der Waals surface area contributed by atoms with Crippen molar-refractivity contribution in [3.8, 4) is 5.88 Å². The fourth-order valence-electron chi connectivity index (χ4n) is 1.15. The standard InChI is InChI=1S/C10H10F3NO3/c1-3-17-9(15)6-5-14-8(16-2)4-7(6)10(11,12)13/h4-5H,3H2,1-2H3. The van der Waals surface area contributed by atoms with Gasteiger partial charge >= 0.3 is 12.1 Å². The van der Waals surface area contributed by atoms with E-state index in [0.717, 1.165) is 6.20 Å². The molecule has 0 N–H and O–H groups in total. The second kappa shape index (κ2) is 5.03. The van der Waals surface area contributed by atoms with Gasteiger partial charge in [0.05, 0.1) is 24.8 Å².